The standard InChI is InChI=1S/C35H26F6N3O4P/c36-25-13-11-23(12-14-25)34(20-22-7-3-1-4-8-22,24-17-26(37)19-27(18-24)48-35(40,41)31(38)39)44-32(46)43-33(15-16-33)30(45)29(21-42)49(47)28-9-5-2-6-10-28/h1-14,17-19,31H,15-16,20H2,(H2,43,44,46). The van der Waals surface area contributed by atoms with Gasteiger partial charge in [-0.05, 0) is 65.9 Å². The van der Waals surface area contributed by atoms with Crippen molar-refractivity contribution in [1.82, 2.24) is 10.6 Å². The Kier molecular flexibility index (Phi) is 10.1. The highest BCUT2D eigenvalue weighted by atomic mass is 31.1. The molecule has 252 valence electrons. The van der Waals surface area contributed by atoms with Gasteiger partial charge in [-0.15, -0.1) is 0 Å². The number of urea groups is 1. The number of ether oxygens (including phenoxy) is 1. The summed E-state index contributed by atoms with van der Waals surface area (Å²) < 4.78 is 87.4. The predicted molar refractivity (Wildman–Crippen MR) is 168 cm³/mol. The maximum atomic E-state index is 15.1. The van der Waals surface area contributed by atoms with Crippen LogP contribution in [0.4, 0.5) is 31.1 Å². The SMILES string of the molecule is N#C/C(C(=O)C1(NC(=O)NC(Cc2ccccc2)(c2ccc(F)cc2)c2cc(F)cc(OC(F)(F)C(F)F)c2)CC1)=[P+](/[O-])c1ccccc1. The molecule has 0 heterocycles. The van der Waals surface area contributed by atoms with Crippen LogP contribution in [0.2, 0.25) is 0 Å². The number of Topliss-reactive ketones (excluding diaryl/α,β-unsaturated/α-hetero) is 1. The van der Waals surface area contributed by atoms with Crippen molar-refractivity contribution in [3.63, 3.8) is 0 Å². The Morgan fingerprint density at radius 3 is 2.08 bits per heavy atom. The van der Waals surface area contributed by atoms with Crippen molar-refractivity contribution in [2.45, 2.75) is 42.9 Å². The van der Waals surface area contributed by atoms with Crippen LogP contribution in [0, 0.1) is 23.0 Å². The van der Waals surface area contributed by atoms with Gasteiger partial charge in [0.05, 0.1) is 5.54 Å². The van der Waals surface area contributed by atoms with E-state index in [9.17, 15) is 41.7 Å². The molecule has 2 atom stereocenters. The van der Waals surface area contributed by atoms with Crippen molar-refractivity contribution in [2.75, 3.05) is 0 Å². The summed E-state index contributed by atoms with van der Waals surface area (Å²) in [6.07, 6.45) is -9.33. The highest BCUT2D eigenvalue weighted by Gasteiger charge is 2.55. The summed E-state index contributed by atoms with van der Waals surface area (Å²) in [5.41, 5.74) is -3.21. The molecule has 14 heteroatoms. The maximum absolute atomic E-state index is 15.1. The Morgan fingerprint density at radius 1 is 0.898 bits per heavy atom. The number of amides is 2. The molecule has 2 amide bonds. The zero-order valence-corrected chi connectivity index (χ0v) is 26.2. The first-order valence-electron chi connectivity index (χ1n) is 14.7. The molecule has 2 unspecified atom stereocenters. The average molecular weight is 698 g/mol. The molecule has 4 aromatic carbocycles. The topological polar surface area (TPSA) is 114 Å². The van der Waals surface area contributed by atoms with E-state index in [4.69, 9.17) is 0 Å². The molecule has 0 aliphatic heterocycles. The van der Waals surface area contributed by atoms with E-state index in [0.717, 1.165) is 24.3 Å². The summed E-state index contributed by atoms with van der Waals surface area (Å²) >= 11 is 0. The first-order chi connectivity index (χ1) is 23.3. The number of nitrogens with zero attached hydrogens (tertiary/aromatic N) is 1. The second-order valence-corrected chi connectivity index (χ2v) is 12.8. The zero-order valence-electron chi connectivity index (χ0n) is 25.3. The number of hydrogen-bond donors (Lipinski definition) is 2. The summed E-state index contributed by atoms with van der Waals surface area (Å²) in [6, 6.07) is 23.5. The lowest BCUT2D eigenvalue weighted by atomic mass is 9.77. The normalized spacial score (nSPS) is 15.3. The Bertz CT molecular complexity index is 1920. The fraction of sp³-hybridized carbons (Fsp3) is 0.200. The number of halogens is 6. The van der Waals surface area contributed by atoms with Gasteiger partial charge in [0.25, 0.3) is 5.29 Å². The van der Waals surface area contributed by atoms with Crippen molar-refractivity contribution >= 4 is 30.2 Å². The minimum absolute atomic E-state index is 0.0747. The molecule has 0 saturated heterocycles. The third-order valence-electron chi connectivity index (χ3n) is 7.90. The number of carbonyl (C=O) groups excluding carboxylic acids is 2. The highest BCUT2D eigenvalue weighted by Crippen LogP contribution is 2.40. The zero-order chi connectivity index (χ0) is 35.4. The third-order valence-corrected chi connectivity index (χ3v) is 9.38. The van der Waals surface area contributed by atoms with Gasteiger partial charge in [0, 0.05) is 12.5 Å². The quantitative estimate of drug-likeness (QED) is 0.142. The molecule has 5 rings (SSSR count). The molecule has 0 aromatic heterocycles. The molecule has 7 nitrogen and oxygen atoms in total. The molecule has 1 aliphatic carbocycles. The van der Waals surface area contributed by atoms with E-state index >= 15 is 4.39 Å². The fourth-order valence-electron chi connectivity index (χ4n) is 5.35. The number of alkyl halides is 4. The first-order valence-corrected chi connectivity index (χ1v) is 15.9. The van der Waals surface area contributed by atoms with Gasteiger partial charge in [0.2, 0.25) is 5.78 Å². The van der Waals surface area contributed by atoms with Crippen LogP contribution in [-0.2, 0) is 16.8 Å². The lowest BCUT2D eigenvalue weighted by Gasteiger charge is -2.37. The summed E-state index contributed by atoms with van der Waals surface area (Å²) in [7, 11) is -2.61. The number of hydrogen-bond acceptors (Lipinski definition) is 5. The lowest BCUT2D eigenvalue weighted by Crippen LogP contribution is -2.57. The van der Waals surface area contributed by atoms with Crippen molar-refractivity contribution in [3.05, 3.63) is 131 Å². The smallest absolute Gasteiger partial charge is 0.461 e. The maximum Gasteiger partial charge on any atom is 0.461 e. The monoisotopic (exact) mass is 697 g/mol. The second kappa shape index (κ2) is 14.1. The first kappa shape index (κ1) is 35.1. The number of benzene rings is 4. The number of nitrogens with one attached hydrogen (secondary N) is 2. The van der Waals surface area contributed by atoms with Crippen molar-refractivity contribution in [2.24, 2.45) is 0 Å². The van der Waals surface area contributed by atoms with Crippen LogP contribution >= 0.6 is 7.77 Å². The van der Waals surface area contributed by atoms with Gasteiger partial charge in [-0.25, -0.2) is 13.6 Å². The van der Waals surface area contributed by atoms with Gasteiger partial charge in [-0.2, -0.15) is 22.8 Å². The van der Waals surface area contributed by atoms with Gasteiger partial charge in [-0.3, -0.25) is 4.79 Å². The Balaban J connectivity index is 1.59. The van der Waals surface area contributed by atoms with E-state index < -0.39 is 65.9 Å². The number of carbonyl (C=O) groups is 2. The molecular weight excluding hydrogens is 671 g/mol. The molecule has 49 heavy (non-hydrogen) atoms. The number of nitriles is 1. The molecule has 1 saturated carbocycles. The van der Waals surface area contributed by atoms with Gasteiger partial charge in [0.15, 0.2) is 0 Å². The average Bonchev–Trinajstić information content (AvgIpc) is 3.85. The van der Waals surface area contributed by atoms with Gasteiger partial charge in [-0.1, -0.05) is 60.7 Å². The second-order valence-electron chi connectivity index (χ2n) is 11.3. The van der Waals surface area contributed by atoms with Crippen LogP contribution in [0.25, 0.3) is 0 Å². The van der Waals surface area contributed by atoms with E-state index in [0.29, 0.717) is 11.6 Å². The highest BCUT2D eigenvalue weighted by molar-refractivity contribution is 7.62. The van der Waals surface area contributed by atoms with Crippen LogP contribution in [-0.4, -0.2) is 35.2 Å². The summed E-state index contributed by atoms with van der Waals surface area (Å²) in [5.74, 6) is -3.74. The number of ketones is 1. The molecule has 4 aromatic rings. The van der Waals surface area contributed by atoms with E-state index in [1.165, 1.54) is 24.3 Å². The van der Waals surface area contributed by atoms with Crippen LogP contribution in [0.1, 0.15) is 29.5 Å². The van der Waals surface area contributed by atoms with Gasteiger partial charge in [0.1, 0.15) is 42.1 Å². The van der Waals surface area contributed by atoms with E-state index in [-0.39, 0.29) is 35.7 Å². The van der Waals surface area contributed by atoms with Crippen molar-refractivity contribution in [3.8, 4) is 11.8 Å². The van der Waals surface area contributed by atoms with Crippen LogP contribution < -0.4 is 25.6 Å². The minimum Gasteiger partial charge on any atom is -0.625 e. The summed E-state index contributed by atoms with van der Waals surface area (Å²) in [6.45, 7) is 0. The lowest BCUT2D eigenvalue weighted by molar-refractivity contribution is -0.253. The van der Waals surface area contributed by atoms with Crippen LogP contribution in [0.5, 0.6) is 5.75 Å². The molecule has 1 fully saturated rings. The summed E-state index contributed by atoms with van der Waals surface area (Å²) in [5, 5.41) is 14.7. The van der Waals surface area contributed by atoms with Gasteiger partial charge < -0.3 is 20.3 Å². The molecule has 0 radical (unpaired) electrons. The minimum atomic E-state index is -5.00. The Morgan fingerprint density at radius 2 is 1.51 bits per heavy atom. The van der Waals surface area contributed by atoms with Crippen LogP contribution in [0.3, 0.4) is 0 Å². The predicted octanol–water partition coefficient (Wildman–Crippen LogP) is 5.87. The number of rotatable bonds is 12. The van der Waals surface area contributed by atoms with E-state index in [1.54, 1.807) is 54.6 Å². The Labute approximate surface area is 277 Å². The molecule has 2 N–H and O–H groups in total. The summed E-state index contributed by atoms with van der Waals surface area (Å²) in [4.78, 5) is 40.7. The largest absolute Gasteiger partial charge is 0.625 e. The molecule has 0 spiro atoms. The molecular formula is C35H26F6N3O4P. The van der Waals surface area contributed by atoms with Crippen molar-refractivity contribution < 1.29 is 45.6 Å². The van der Waals surface area contributed by atoms with E-state index in [2.05, 4.69) is 15.4 Å². The fourth-order valence-corrected chi connectivity index (χ4v) is 6.54. The third kappa shape index (κ3) is 7.77. The van der Waals surface area contributed by atoms with Crippen LogP contribution in [0.15, 0.2) is 103 Å². The molecule has 0 bridgehead atoms. The van der Waals surface area contributed by atoms with Gasteiger partial charge >= 0.3 is 18.6 Å². The van der Waals surface area contributed by atoms with Crippen molar-refractivity contribution in [1.29, 1.82) is 5.26 Å². The Hall–Kier alpha value is -5.18. The van der Waals surface area contributed by atoms with E-state index in [1.807, 2.05) is 0 Å². The molecule has 1 aliphatic rings.